The first-order valence-corrected chi connectivity index (χ1v) is 11.1. The standard InChI is InChI=1S/C21H20ClN3O3S/c22-18-6-8-19(9-7-18)29(27,28)25-13-11-24(12-14-25)20(26)15-17-4-1-3-16-5-2-10-23-21(16)17/h1-10H,11-15H2. The molecule has 1 fully saturated rings. The van der Waals surface area contributed by atoms with Crippen molar-refractivity contribution >= 4 is 38.4 Å². The van der Waals surface area contributed by atoms with Gasteiger partial charge in [-0.25, -0.2) is 8.42 Å². The molecule has 0 unspecified atom stereocenters. The van der Waals surface area contributed by atoms with Crippen LogP contribution in [0, 0.1) is 0 Å². The number of fused-ring (bicyclic) bond motifs is 1. The van der Waals surface area contributed by atoms with Crippen molar-refractivity contribution in [3.63, 3.8) is 0 Å². The van der Waals surface area contributed by atoms with E-state index in [1.165, 1.54) is 16.4 Å². The number of halogens is 1. The quantitative estimate of drug-likeness (QED) is 0.639. The number of hydrogen-bond donors (Lipinski definition) is 0. The maximum Gasteiger partial charge on any atom is 0.243 e. The Bertz CT molecular complexity index is 1140. The summed E-state index contributed by atoms with van der Waals surface area (Å²) in [5.41, 5.74) is 1.71. The molecule has 29 heavy (non-hydrogen) atoms. The lowest BCUT2D eigenvalue weighted by atomic mass is 10.1. The number of amides is 1. The van der Waals surface area contributed by atoms with E-state index in [9.17, 15) is 13.2 Å². The van der Waals surface area contributed by atoms with Crippen molar-refractivity contribution in [2.75, 3.05) is 26.2 Å². The highest BCUT2D eigenvalue weighted by atomic mass is 35.5. The second-order valence-electron chi connectivity index (χ2n) is 6.91. The first-order chi connectivity index (χ1) is 13.9. The molecule has 3 aromatic rings. The second-order valence-corrected chi connectivity index (χ2v) is 9.28. The van der Waals surface area contributed by atoms with Crippen LogP contribution in [0.15, 0.2) is 65.7 Å². The van der Waals surface area contributed by atoms with Crippen LogP contribution in [0.25, 0.3) is 10.9 Å². The lowest BCUT2D eigenvalue weighted by molar-refractivity contribution is -0.131. The topological polar surface area (TPSA) is 70.6 Å². The van der Waals surface area contributed by atoms with Gasteiger partial charge in [0.25, 0.3) is 0 Å². The van der Waals surface area contributed by atoms with Crippen LogP contribution in [0.3, 0.4) is 0 Å². The molecule has 0 atom stereocenters. The second kappa shape index (κ2) is 8.10. The first kappa shape index (κ1) is 19.8. The first-order valence-electron chi connectivity index (χ1n) is 9.31. The molecule has 4 rings (SSSR count). The molecule has 2 aromatic carbocycles. The minimum absolute atomic E-state index is 0.0216. The molecular weight excluding hydrogens is 410 g/mol. The summed E-state index contributed by atoms with van der Waals surface area (Å²) in [4.78, 5) is 19.1. The van der Waals surface area contributed by atoms with Gasteiger partial charge in [0.2, 0.25) is 15.9 Å². The van der Waals surface area contributed by atoms with Gasteiger partial charge >= 0.3 is 0 Å². The molecule has 2 heterocycles. The van der Waals surface area contributed by atoms with E-state index >= 15 is 0 Å². The zero-order valence-electron chi connectivity index (χ0n) is 15.7. The maximum absolute atomic E-state index is 12.8. The van der Waals surface area contributed by atoms with E-state index in [2.05, 4.69) is 4.98 Å². The molecule has 1 saturated heterocycles. The van der Waals surface area contributed by atoms with Crippen molar-refractivity contribution in [2.45, 2.75) is 11.3 Å². The normalized spacial score (nSPS) is 15.6. The Balaban J connectivity index is 1.43. The number of benzene rings is 2. The van der Waals surface area contributed by atoms with Crippen LogP contribution in [0.2, 0.25) is 5.02 Å². The molecule has 0 radical (unpaired) electrons. The summed E-state index contributed by atoms with van der Waals surface area (Å²) >= 11 is 5.85. The molecule has 0 N–H and O–H groups in total. The Labute approximate surface area is 174 Å². The van der Waals surface area contributed by atoms with E-state index in [0.29, 0.717) is 18.1 Å². The molecule has 1 amide bonds. The molecule has 1 aliphatic heterocycles. The SMILES string of the molecule is O=C(Cc1cccc2cccnc12)N1CCN(S(=O)(=O)c2ccc(Cl)cc2)CC1. The zero-order chi connectivity index (χ0) is 20.4. The summed E-state index contributed by atoms with van der Waals surface area (Å²) in [6, 6.07) is 15.8. The molecule has 8 heteroatoms. The molecule has 6 nitrogen and oxygen atoms in total. The number of piperazine rings is 1. The van der Waals surface area contributed by atoms with Crippen LogP contribution in [0.1, 0.15) is 5.56 Å². The Hall–Kier alpha value is -2.48. The third-order valence-electron chi connectivity index (χ3n) is 5.10. The lowest BCUT2D eigenvalue weighted by Gasteiger charge is -2.34. The lowest BCUT2D eigenvalue weighted by Crippen LogP contribution is -2.50. The summed E-state index contributed by atoms with van der Waals surface area (Å²) in [5, 5.41) is 1.49. The highest BCUT2D eigenvalue weighted by molar-refractivity contribution is 7.89. The van der Waals surface area contributed by atoms with Gasteiger partial charge in [-0.05, 0) is 35.9 Å². The molecule has 150 valence electrons. The van der Waals surface area contributed by atoms with Gasteiger partial charge in [0.15, 0.2) is 0 Å². The average molecular weight is 430 g/mol. The highest BCUT2D eigenvalue weighted by Gasteiger charge is 2.30. The number of nitrogens with zero attached hydrogens (tertiary/aromatic N) is 3. The number of carbonyl (C=O) groups is 1. The van der Waals surface area contributed by atoms with Crippen molar-refractivity contribution in [3.8, 4) is 0 Å². The average Bonchev–Trinajstić information content (AvgIpc) is 2.74. The molecule has 0 bridgehead atoms. The third kappa shape index (κ3) is 4.12. The van der Waals surface area contributed by atoms with E-state index in [1.807, 2.05) is 30.3 Å². The molecule has 0 saturated carbocycles. The zero-order valence-corrected chi connectivity index (χ0v) is 17.2. The van der Waals surface area contributed by atoms with Crippen molar-refractivity contribution in [1.29, 1.82) is 0 Å². The van der Waals surface area contributed by atoms with Gasteiger partial charge in [0, 0.05) is 42.8 Å². The van der Waals surface area contributed by atoms with Crippen LogP contribution in [-0.2, 0) is 21.2 Å². The number of hydrogen-bond acceptors (Lipinski definition) is 4. The van der Waals surface area contributed by atoms with Crippen LogP contribution in [-0.4, -0.2) is 54.7 Å². The van der Waals surface area contributed by atoms with E-state index in [-0.39, 0.29) is 30.3 Å². The maximum atomic E-state index is 12.8. The van der Waals surface area contributed by atoms with Crippen molar-refractivity contribution in [1.82, 2.24) is 14.2 Å². The minimum Gasteiger partial charge on any atom is -0.340 e. The van der Waals surface area contributed by atoms with E-state index in [0.717, 1.165) is 16.5 Å². The number of para-hydroxylation sites is 1. The van der Waals surface area contributed by atoms with Gasteiger partial charge in [0.05, 0.1) is 16.8 Å². The van der Waals surface area contributed by atoms with Crippen LogP contribution < -0.4 is 0 Å². The molecular formula is C21H20ClN3O3S. The largest absolute Gasteiger partial charge is 0.340 e. The summed E-state index contributed by atoms with van der Waals surface area (Å²) < 4.78 is 27.0. The Morgan fingerprint density at radius 3 is 2.38 bits per heavy atom. The van der Waals surface area contributed by atoms with E-state index in [1.54, 1.807) is 23.2 Å². The van der Waals surface area contributed by atoms with E-state index in [4.69, 9.17) is 11.6 Å². The molecule has 1 aliphatic rings. The Kier molecular flexibility index (Phi) is 5.54. The number of pyridine rings is 1. The van der Waals surface area contributed by atoms with Crippen molar-refractivity contribution in [2.24, 2.45) is 0 Å². The van der Waals surface area contributed by atoms with Crippen LogP contribution >= 0.6 is 11.6 Å². The smallest absolute Gasteiger partial charge is 0.243 e. The van der Waals surface area contributed by atoms with Gasteiger partial charge in [-0.2, -0.15) is 4.31 Å². The Morgan fingerprint density at radius 1 is 0.966 bits per heavy atom. The van der Waals surface area contributed by atoms with Gasteiger partial charge in [-0.1, -0.05) is 35.9 Å². The summed E-state index contributed by atoms with van der Waals surface area (Å²) in [7, 11) is -3.59. The Morgan fingerprint density at radius 2 is 1.66 bits per heavy atom. The number of sulfonamides is 1. The fraction of sp³-hybridized carbons (Fsp3) is 0.238. The molecule has 0 spiro atoms. The van der Waals surface area contributed by atoms with Gasteiger partial charge in [-0.3, -0.25) is 9.78 Å². The third-order valence-corrected chi connectivity index (χ3v) is 7.27. The molecule has 1 aromatic heterocycles. The minimum atomic E-state index is -3.59. The van der Waals surface area contributed by atoms with Crippen LogP contribution in [0.5, 0.6) is 0 Å². The van der Waals surface area contributed by atoms with Crippen molar-refractivity contribution < 1.29 is 13.2 Å². The summed E-state index contributed by atoms with van der Waals surface area (Å²) in [6.45, 7) is 1.27. The van der Waals surface area contributed by atoms with Gasteiger partial charge in [0.1, 0.15) is 0 Å². The fourth-order valence-electron chi connectivity index (χ4n) is 3.52. The number of aromatic nitrogens is 1. The van der Waals surface area contributed by atoms with Crippen LogP contribution in [0.4, 0.5) is 0 Å². The molecule has 0 aliphatic carbocycles. The highest BCUT2D eigenvalue weighted by Crippen LogP contribution is 2.21. The summed E-state index contributed by atoms with van der Waals surface area (Å²) in [6.07, 6.45) is 1.97. The summed E-state index contributed by atoms with van der Waals surface area (Å²) in [5.74, 6) is -0.0216. The van der Waals surface area contributed by atoms with E-state index < -0.39 is 10.0 Å². The number of rotatable bonds is 4. The van der Waals surface area contributed by atoms with Crippen molar-refractivity contribution in [3.05, 3.63) is 71.4 Å². The predicted molar refractivity (Wildman–Crippen MR) is 112 cm³/mol. The monoisotopic (exact) mass is 429 g/mol. The fourth-order valence-corrected chi connectivity index (χ4v) is 5.07. The van der Waals surface area contributed by atoms with Gasteiger partial charge < -0.3 is 4.90 Å². The number of carbonyl (C=O) groups excluding carboxylic acids is 1. The predicted octanol–water partition coefficient (Wildman–Crippen LogP) is 2.96. The van der Waals surface area contributed by atoms with Gasteiger partial charge in [-0.15, -0.1) is 0 Å².